The third-order valence-corrected chi connectivity index (χ3v) is 2.84. The van der Waals surface area contributed by atoms with E-state index in [1.54, 1.807) is 18.0 Å². The monoisotopic (exact) mass is 219 g/mol. The van der Waals surface area contributed by atoms with Crippen molar-refractivity contribution in [2.45, 2.75) is 19.3 Å². The Hall–Kier alpha value is -1.84. The van der Waals surface area contributed by atoms with Gasteiger partial charge in [0.15, 0.2) is 0 Å². The first-order chi connectivity index (χ1) is 7.58. The number of anilines is 1. The lowest BCUT2D eigenvalue weighted by molar-refractivity contribution is -0.136. The van der Waals surface area contributed by atoms with Gasteiger partial charge in [-0.1, -0.05) is 12.1 Å². The Labute approximate surface area is 93.5 Å². The van der Waals surface area contributed by atoms with E-state index in [0.717, 1.165) is 16.8 Å². The van der Waals surface area contributed by atoms with E-state index in [2.05, 4.69) is 0 Å². The highest BCUT2D eigenvalue weighted by Gasteiger charge is 2.20. The standard InChI is InChI=1S/C12H13NO3/c1-13-10-4-2-8(7-12(15)16)6-9(10)3-5-11(13)14/h2,4,6H,3,5,7H2,1H3,(H,15,16). The molecule has 4 nitrogen and oxygen atoms in total. The molecule has 1 aliphatic heterocycles. The van der Waals surface area contributed by atoms with E-state index in [1.807, 2.05) is 12.1 Å². The van der Waals surface area contributed by atoms with Crippen molar-refractivity contribution in [2.75, 3.05) is 11.9 Å². The number of hydrogen-bond acceptors (Lipinski definition) is 2. The van der Waals surface area contributed by atoms with Gasteiger partial charge < -0.3 is 10.0 Å². The lowest BCUT2D eigenvalue weighted by atomic mass is 9.98. The number of amides is 1. The third kappa shape index (κ3) is 1.91. The molecule has 1 aromatic carbocycles. The molecule has 1 heterocycles. The molecule has 0 saturated heterocycles. The molecule has 0 aromatic heterocycles. The molecule has 0 saturated carbocycles. The second kappa shape index (κ2) is 3.96. The lowest BCUT2D eigenvalue weighted by Crippen LogP contribution is -2.31. The van der Waals surface area contributed by atoms with Crippen molar-refractivity contribution in [3.05, 3.63) is 29.3 Å². The summed E-state index contributed by atoms with van der Waals surface area (Å²) in [5, 5.41) is 8.70. The number of hydrogen-bond donors (Lipinski definition) is 1. The average Bonchev–Trinajstić information content (AvgIpc) is 2.23. The highest BCUT2D eigenvalue weighted by Crippen LogP contribution is 2.27. The highest BCUT2D eigenvalue weighted by molar-refractivity contribution is 5.95. The van der Waals surface area contributed by atoms with Crippen LogP contribution in [-0.4, -0.2) is 24.0 Å². The first-order valence-electron chi connectivity index (χ1n) is 5.18. The summed E-state index contributed by atoms with van der Waals surface area (Å²) < 4.78 is 0. The molecule has 16 heavy (non-hydrogen) atoms. The van der Waals surface area contributed by atoms with E-state index < -0.39 is 5.97 Å². The normalized spacial score (nSPS) is 14.8. The first-order valence-corrected chi connectivity index (χ1v) is 5.18. The molecule has 1 N–H and O–H groups in total. The number of rotatable bonds is 2. The van der Waals surface area contributed by atoms with Crippen molar-refractivity contribution < 1.29 is 14.7 Å². The molecule has 2 rings (SSSR count). The number of benzene rings is 1. The fourth-order valence-electron chi connectivity index (χ4n) is 1.99. The van der Waals surface area contributed by atoms with Crippen LogP contribution in [0.25, 0.3) is 0 Å². The van der Waals surface area contributed by atoms with Gasteiger partial charge in [-0.2, -0.15) is 0 Å². The maximum Gasteiger partial charge on any atom is 0.307 e. The summed E-state index contributed by atoms with van der Waals surface area (Å²) >= 11 is 0. The first kappa shape index (κ1) is 10.7. The summed E-state index contributed by atoms with van der Waals surface area (Å²) in [6.07, 6.45) is 1.23. The Morgan fingerprint density at radius 1 is 1.44 bits per heavy atom. The molecule has 1 aliphatic rings. The van der Waals surface area contributed by atoms with E-state index >= 15 is 0 Å². The van der Waals surface area contributed by atoms with Gasteiger partial charge in [-0.15, -0.1) is 0 Å². The molecule has 0 fully saturated rings. The fourth-order valence-corrected chi connectivity index (χ4v) is 1.99. The summed E-state index contributed by atoms with van der Waals surface area (Å²) in [5.41, 5.74) is 2.74. The molecule has 0 radical (unpaired) electrons. The minimum Gasteiger partial charge on any atom is -0.481 e. The number of carboxylic acids is 1. The zero-order chi connectivity index (χ0) is 11.7. The Bertz CT molecular complexity index is 454. The van der Waals surface area contributed by atoms with Gasteiger partial charge in [0.05, 0.1) is 6.42 Å². The van der Waals surface area contributed by atoms with Gasteiger partial charge in [0.25, 0.3) is 0 Å². The molecule has 84 valence electrons. The van der Waals surface area contributed by atoms with E-state index in [-0.39, 0.29) is 12.3 Å². The summed E-state index contributed by atoms with van der Waals surface area (Å²) in [5.74, 6) is -0.723. The molecular formula is C12H13NO3. The van der Waals surface area contributed by atoms with Gasteiger partial charge in [0, 0.05) is 19.2 Å². The lowest BCUT2D eigenvalue weighted by Gasteiger charge is -2.26. The van der Waals surface area contributed by atoms with Crippen LogP contribution in [0.2, 0.25) is 0 Å². The molecular weight excluding hydrogens is 206 g/mol. The topological polar surface area (TPSA) is 57.6 Å². The second-order valence-electron chi connectivity index (χ2n) is 3.99. The number of carbonyl (C=O) groups excluding carboxylic acids is 1. The van der Waals surface area contributed by atoms with Gasteiger partial charge in [-0.25, -0.2) is 0 Å². The van der Waals surface area contributed by atoms with Gasteiger partial charge in [0.2, 0.25) is 5.91 Å². The highest BCUT2D eigenvalue weighted by atomic mass is 16.4. The van der Waals surface area contributed by atoms with Gasteiger partial charge in [-0.05, 0) is 23.6 Å². The van der Waals surface area contributed by atoms with E-state index in [1.165, 1.54) is 0 Å². The zero-order valence-electron chi connectivity index (χ0n) is 9.06. The van der Waals surface area contributed by atoms with Gasteiger partial charge >= 0.3 is 5.97 Å². The number of carboxylic acid groups (broad SMARTS) is 1. The smallest absolute Gasteiger partial charge is 0.307 e. The maximum atomic E-state index is 11.5. The SMILES string of the molecule is CN1C(=O)CCc2cc(CC(=O)O)ccc21. The van der Waals surface area contributed by atoms with Crippen molar-refractivity contribution >= 4 is 17.6 Å². The van der Waals surface area contributed by atoms with Crippen LogP contribution in [-0.2, 0) is 22.4 Å². The Morgan fingerprint density at radius 3 is 2.88 bits per heavy atom. The van der Waals surface area contributed by atoms with E-state index in [9.17, 15) is 9.59 Å². The molecule has 0 aliphatic carbocycles. The predicted octanol–water partition coefficient (Wildman–Crippen LogP) is 1.22. The van der Waals surface area contributed by atoms with Gasteiger partial charge in [0.1, 0.15) is 0 Å². The average molecular weight is 219 g/mol. The molecule has 0 spiro atoms. The van der Waals surface area contributed by atoms with Crippen LogP contribution in [0.1, 0.15) is 17.5 Å². The van der Waals surface area contributed by atoms with E-state index in [0.29, 0.717) is 12.8 Å². The van der Waals surface area contributed by atoms with Crippen molar-refractivity contribution in [1.29, 1.82) is 0 Å². The van der Waals surface area contributed by atoms with Crippen molar-refractivity contribution in [3.63, 3.8) is 0 Å². The van der Waals surface area contributed by atoms with Gasteiger partial charge in [-0.3, -0.25) is 9.59 Å². The van der Waals surface area contributed by atoms with Crippen LogP contribution < -0.4 is 4.90 Å². The van der Waals surface area contributed by atoms with Crippen molar-refractivity contribution in [3.8, 4) is 0 Å². The quantitative estimate of drug-likeness (QED) is 0.813. The maximum absolute atomic E-state index is 11.5. The number of aliphatic carboxylic acids is 1. The second-order valence-corrected chi connectivity index (χ2v) is 3.99. The fraction of sp³-hybridized carbons (Fsp3) is 0.333. The molecule has 1 amide bonds. The Balaban J connectivity index is 2.33. The predicted molar refractivity (Wildman–Crippen MR) is 59.5 cm³/mol. The number of nitrogens with zero attached hydrogens (tertiary/aromatic N) is 1. The summed E-state index contributed by atoms with van der Waals surface area (Å²) in [4.78, 5) is 23.7. The summed E-state index contributed by atoms with van der Waals surface area (Å²) in [6.45, 7) is 0. The molecule has 0 unspecified atom stereocenters. The van der Waals surface area contributed by atoms with Crippen LogP contribution in [0, 0.1) is 0 Å². The van der Waals surface area contributed by atoms with Crippen molar-refractivity contribution in [2.24, 2.45) is 0 Å². The van der Waals surface area contributed by atoms with Crippen molar-refractivity contribution in [1.82, 2.24) is 0 Å². The van der Waals surface area contributed by atoms with Crippen LogP contribution in [0.4, 0.5) is 5.69 Å². The Kier molecular flexibility index (Phi) is 2.64. The number of carbonyl (C=O) groups is 2. The molecule has 1 aromatic rings. The number of fused-ring (bicyclic) bond motifs is 1. The third-order valence-electron chi connectivity index (χ3n) is 2.84. The van der Waals surface area contributed by atoms with Crippen LogP contribution in [0.5, 0.6) is 0 Å². The minimum atomic E-state index is -0.833. The zero-order valence-corrected chi connectivity index (χ0v) is 9.06. The molecule has 4 heteroatoms. The summed E-state index contributed by atoms with van der Waals surface area (Å²) in [7, 11) is 1.75. The Morgan fingerprint density at radius 2 is 2.19 bits per heavy atom. The van der Waals surface area contributed by atoms with Crippen LogP contribution >= 0.6 is 0 Å². The minimum absolute atomic E-state index is 0.0327. The largest absolute Gasteiger partial charge is 0.481 e. The van der Waals surface area contributed by atoms with Crippen LogP contribution in [0.15, 0.2) is 18.2 Å². The summed E-state index contributed by atoms with van der Waals surface area (Å²) in [6, 6.07) is 5.47. The van der Waals surface area contributed by atoms with E-state index in [4.69, 9.17) is 5.11 Å². The molecule has 0 bridgehead atoms. The van der Waals surface area contributed by atoms with Crippen LogP contribution in [0.3, 0.4) is 0 Å². The molecule has 0 atom stereocenters. The number of aryl methyl sites for hydroxylation is 1.